The summed E-state index contributed by atoms with van der Waals surface area (Å²) in [5, 5.41) is 3.95. The van der Waals surface area contributed by atoms with Crippen molar-refractivity contribution in [2.24, 2.45) is 0 Å². The van der Waals surface area contributed by atoms with Crippen LogP contribution >= 0.6 is 0 Å². The molecular weight excluding hydrogens is 396 g/mol. The van der Waals surface area contributed by atoms with E-state index in [1.807, 2.05) is 54.6 Å². The number of carbonyl (C=O) groups excluding carboxylic acids is 1. The van der Waals surface area contributed by atoms with Crippen LogP contribution in [0.1, 0.15) is 29.3 Å². The second-order valence-corrected chi connectivity index (χ2v) is 7.75. The van der Waals surface area contributed by atoms with Crippen molar-refractivity contribution in [3.05, 3.63) is 96.2 Å². The van der Waals surface area contributed by atoms with Crippen molar-refractivity contribution >= 4 is 16.8 Å². The maximum absolute atomic E-state index is 13.1. The number of nitrogens with zero attached hydrogens (tertiary/aromatic N) is 3. The van der Waals surface area contributed by atoms with Crippen LogP contribution in [0.25, 0.3) is 22.3 Å². The Balaban J connectivity index is 1.42. The molecule has 0 saturated heterocycles. The number of fused-ring (bicyclic) bond motifs is 1. The zero-order valence-corrected chi connectivity index (χ0v) is 18.4. The van der Waals surface area contributed by atoms with Crippen LogP contribution in [0.15, 0.2) is 85.1 Å². The molecule has 2 aromatic heterocycles. The molecule has 32 heavy (non-hydrogen) atoms. The summed E-state index contributed by atoms with van der Waals surface area (Å²) in [6.45, 7) is 5.63. The third-order valence-electron chi connectivity index (χ3n) is 5.52. The average Bonchev–Trinajstić information content (AvgIpc) is 2.86. The SMILES string of the molecule is CCN(CCCNC(=O)c1cc(-c2ccccn2)nc2ccccc12)Cc1ccccc1. The van der Waals surface area contributed by atoms with Gasteiger partial charge in [-0.1, -0.05) is 61.5 Å². The molecule has 0 aliphatic carbocycles. The van der Waals surface area contributed by atoms with Crippen molar-refractivity contribution < 1.29 is 4.79 Å². The minimum absolute atomic E-state index is 0.0770. The quantitative estimate of drug-likeness (QED) is 0.387. The van der Waals surface area contributed by atoms with Crippen molar-refractivity contribution in [2.75, 3.05) is 19.6 Å². The number of para-hydroxylation sites is 1. The number of benzene rings is 2. The van der Waals surface area contributed by atoms with E-state index in [2.05, 4.69) is 46.4 Å². The molecule has 0 aliphatic heterocycles. The number of carbonyl (C=O) groups is 1. The van der Waals surface area contributed by atoms with Crippen molar-refractivity contribution in [1.82, 2.24) is 20.2 Å². The maximum atomic E-state index is 13.1. The molecule has 0 atom stereocenters. The van der Waals surface area contributed by atoms with E-state index >= 15 is 0 Å². The van der Waals surface area contributed by atoms with Gasteiger partial charge in [0.25, 0.3) is 5.91 Å². The molecule has 162 valence electrons. The Morgan fingerprint density at radius 1 is 0.938 bits per heavy atom. The molecule has 2 aromatic carbocycles. The van der Waals surface area contributed by atoms with Gasteiger partial charge in [-0.05, 0) is 42.8 Å². The number of amides is 1. The third kappa shape index (κ3) is 5.37. The Morgan fingerprint density at radius 3 is 2.50 bits per heavy atom. The summed E-state index contributed by atoms with van der Waals surface area (Å²) in [5.74, 6) is -0.0770. The number of hydrogen-bond acceptors (Lipinski definition) is 4. The second kappa shape index (κ2) is 10.6. The van der Waals surface area contributed by atoms with Gasteiger partial charge < -0.3 is 5.32 Å². The number of rotatable bonds is 9. The predicted octanol–water partition coefficient (Wildman–Crippen LogP) is 4.94. The molecule has 4 aromatic rings. The molecule has 4 rings (SSSR count). The summed E-state index contributed by atoms with van der Waals surface area (Å²) < 4.78 is 0. The highest BCUT2D eigenvalue weighted by atomic mass is 16.1. The van der Waals surface area contributed by atoms with Crippen LogP contribution < -0.4 is 5.32 Å². The summed E-state index contributed by atoms with van der Waals surface area (Å²) >= 11 is 0. The van der Waals surface area contributed by atoms with E-state index in [0.29, 0.717) is 17.8 Å². The Hall–Kier alpha value is -3.57. The monoisotopic (exact) mass is 424 g/mol. The first kappa shape index (κ1) is 21.7. The molecule has 2 heterocycles. The van der Waals surface area contributed by atoms with Gasteiger partial charge >= 0.3 is 0 Å². The Morgan fingerprint density at radius 2 is 1.72 bits per heavy atom. The lowest BCUT2D eigenvalue weighted by Crippen LogP contribution is -2.30. The fraction of sp³-hybridized carbons (Fsp3) is 0.222. The molecule has 0 spiro atoms. The minimum atomic E-state index is -0.0770. The van der Waals surface area contributed by atoms with E-state index in [0.717, 1.165) is 42.7 Å². The highest BCUT2D eigenvalue weighted by Crippen LogP contribution is 2.23. The normalized spacial score (nSPS) is 11.1. The third-order valence-corrected chi connectivity index (χ3v) is 5.52. The number of aromatic nitrogens is 2. The highest BCUT2D eigenvalue weighted by Gasteiger charge is 2.14. The molecule has 0 radical (unpaired) electrons. The second-order valence-electron chi connectivity index (χ2n) is 7.75. The molecule has 5 heteroatoms. The van der Waals surface area contributed by atoms with Crippen LogP contribution in [0.3, 0.4) is 0 Å². The van der Waals surface area contributed by atoms with Gasteiger partial charge in [0.05, 0.1) is 22.5 Å². The van der Waals surface area contributed by atoms with E-state index < -0.39 is 0 Å². The smallest absolute Gasteiger partial charge is 0.252 e. The number of nitrogens with one attached hydrogen (secondary N) is 1. The fourth-order valence-electron chi connectivity index (χ4n) is 3.80. The summed E-state index contributed by atoms with van der Waals surface area (Å²) in [4.78, 5) is 24.6. The lowest BCUT2D eigenvalue weighted by molar-refractivity contribution is 0.0953. The van der Waals surface area contributed by atoms with E-state index in [9.17, 15) is 4.79 Å². The summed E-state index contributed by atoms with van der Waals surface area (Å²) in [5.41, 5.74) is 4.19. The van der Waals surface area contributed by atoms with Gasteiger partial charge in [-0.3, -0.25) is 14.7 Å². The minimum Gasteiger partial charge on any atom is -0.352 e. The number of pyridine rings is 2. The van der Waals surface area contributed by atoms with Crippen LogP contribution in [-0.4, -0.2) is 40.4 Å². The van der Waals surface area contributed by atoms with E-state index in [1.54, 1.807) is 6.20 Å². The average molecular weight is 425 g/mol. The molecule has 1 amide bonds. The number of hydrogen-bond donors (Lipinski definition) is 1. The molecule has 1 N–H and O–H groups in total. The van der Waals surface area contributed by atoms with Gasteiger partial charge in [0.2, 0.25) is 0 Å². The van der Waals surface area contributed by atoms with Gasteiger partial charge in [-0.25, -0.2) is 4.98 Å². The Kier molecular flexibility index (Phi) is 7.20. The molecule has 0 unspecified atom stereocenters. The van der Waals surface area contributed by atoms with Crippen LogP contribution in [0.2, 0.25) is 0 Å². The molecule has 0 fully saturated rings. The summed E-state index contributed by atoms with van der Waals surface area (Å²) in [7, 11) is 0. The molecule has 0 aliphatic rings. The largest absolute Gasteiger partial charge is 0.352 e. The van der Waals surface area contributed by atoms with Crippen molar-refractivity contribution in [3.63, 3.8) is 0 Å². The maximum Gasteiger partial charge on any atom is 0.252 e. The zero-order valence-electron chi connectivity index (χ0n) is 18.4. The van der Waals surface area contributed by atoms with Crippen LogP contribution in [0.4, 0.5) is 0 Å². The Bertz CT molecular complexity index is 1160. The fourth-order valence-corrected chi connectivity index (χ4v) is 3.80. The first-order valence-electron chi connectivity index (χ1n) is 11.1. The first-order valence-corrected chi connectivity index (χ1v) is 11.1. The van der Waals surface area contributed by atoms with E-state index in [1.165, 1.54) is 5.56 Å². The lowest BCUT2D eigenvalue weighted by atomic mass is 10.1. The first-order chi connectivity index (χ1) is 15.7. The summed E-state index contributed by atoms with van der Waals surface area (Å²) in [6.07, 6.45) is 2.63. The standard InChI is InChI=1S/C27H28N4O/c1-2-31(20-21-11-4-3-5-12-21)18-10-17-29-27(32)23-19-26(25-15-8-9-16-28-25)30-24-14-7-6-13-22(23)24/h3-9,11-16,19H,2,10,17-18,20H2,1H3,(H,29,32). The zero-order chi connectivity index (χ0) is 22.2. The van der Waals surface area contributed by atoms with Gasteiger partial charge in [-0.15, -0.1) is 0 Å². The van der Waals surface area contributed by atoms with Crippen LogP contribution in [0, 0.1) is 0 Å². The predicted molar refractivity (Wildman–Crippen MR) is 129 cm³/mol. The van der Waals surface area contributed by atoms with Gasteiger partial charge in [0.1, 0.15) is 0 Å². The van der Waals surface area contributed by atoms with Crippen LogP contribution in [0.5, 0.6) is 0 Å². The molecule has 5 nitrogen and oxygen atoms in total. The van der Waals surface area contributed by atoms with E-state index in [4.69, 9.17) is 4.98 Å². The molecule has 0 saturated carbocycles. The van der Waals surface area contributed by atoms with Gasteiger partial charge in [-0.2, -0.15) is 0 Å². The van der Waals surface area contributed by atoms with Crippen LogP contribution in [-0.2, 0) is 6.54 Å². The highest BCUT2D eigenvalue weighted by molar-refractivity contribution is 6.07. The van der Waals surface area contributed by atoms with Gasteiger partial charge in [0, 0.05) is 31.2 Å². The van der Waals surface area contributed by atoms with Crippen molar-refractivity contribution in [3.8, 4) is 11.4 Å². The van der Waals surface area contributed by atoms with E-state index in [-0.39, 0.29) is 5.91 Å². The van der Waals surface area contributed by atoms with Crippen molar-refractivity contribution in [1.29, 1.82) is 0 Å². The molecular formula is C27H28N4O. The summed E-state index contributed by atoms with van der Waals surface area (Å²) in [6, 6.07) is 25.8. The lowest BCUT2D eigenvalue weighted by Gasteiger charge is -2.20. The van der Waals surface area contributed by atoms with Gasteiger partial charge in [0.15, 0.2) is 0 Å². The molecule has 0 bridgehead atoms. The topological polar surface area (TPSA) is 58.1 Å². The van der Waals surface area contributed by atoms with Crippen molar-refractivity contribution in [2.45, 2.75) is 19.9 Å². The Labute approximate surface area is 189 Å².